The molecule has 2 fully saturated rings. The molecular weight excluding hydrogens is 446 g/mol. The van der Waals surface area contributed by atoms with Gasteiger partial charge in [-0.1, -0.05) is 24.2 Å². The van der Waals surface area contributed by atoms with Crippen LogP contribution in [0.25, 0.3) is 0 Å². The fraction of sp³-hybridized carbons (Fsp3) is 0.556. The SMILES string of the molecule is Cc1noc(C)c1NC(=O)C1=C[C@H](C)[C@]23CCN(CC4CC4)[C@H](Cc4ccc(O)c(O)c42)[C@]3(O)C1. The monoisotopic (exact) mass is 479 g/mol. The molecule has 186 valence electrons. The molecule has 35 heavy (non-hydrogen) atoms. The standard InChI is InChI=1S/C27H33N3O5/c1-14-10-19(25(33)28-23-15(2)29-35-16(23)3)12-27(34)21-11-18-6-7-20(31)24(32)22(18)26(14,27)8-9-30(21)13-17-4-5-17/h6-7,10,14,17,21,31-32,34H,4-5,8-9,11-13H2,1-3H3,(H,28,33)/t14-,21+,26+,27+/m0/s1. The van der Waals surface area contributed by atoms with Crippen LogP contribution in [-0.4, -0.2) is 56.0 Å². The Bertz CT molecular complexity index is 1230. The van der Waals surface area contributed by atoms with E-state index in [0.29, 0.717) is 47.0 Å². The molecule has 0 radical (unpaired) electrons. The van der Waals surface area contributed by atoms with Gasteiger partial charge < -0.3 is 25.2 Å². The predicted octanol–water partition coefficient (Wildman–Crippen LogP) is 3.32. The molecule has 6 rings (SSSR count). The molecule has 4 N–H and O–H groups in total. The van der Waals surface area contributed by atoms with Crippen molar-refractivity contribution in [2.45, 2.75) is 69.9 Å². The number of aromatic hydroxyl groups is 2. The molecule has 2 aromatic rings. The molecule has 8 nitrogen and oxygen atoms in total. The molecular formula is C27H33N3O5. The minimum Gasteiger partial charge on any atom is -0.504 e. The molecule has 1 amide bonds. The number of carbonyl (C=O) groups is 1. The van der Waals surface area contributed by atoms with Gasteiger partial charge in [0.1, 0.15) is 11.4 Å². The Kier molecular flexibility index (Phi) is 4.90. The van der Waals surface area contributed by atoms with Crippen LogP contribution in [0.5, 0.6) is 11.5 Å². The number of aliphatic hydroxyl groups is 1. The first-order valence-corrected chi connectivity index (χ1v) is 12.6. The van der Waals surface area contributed by atoms with Crippen LogP contribution in [0, 0.1) is 25.7 Å². The third kappa shape index (κ3) is 3.12. The number of benzene rings is 1. The molecule has 1 aromatic carbocycles. The van der Waals surface area contributed by atoms with Crippen LogP contribution in [0.3, 0.4) is 0 Å². The van der Waals surface area contributed by atoms with Crippen molar-refractivity contribution in [2.24, 2.45) is 11.8 Å². The maximum absolute atomic E-state index is 13.4. The van der Waals surface area contributed by atoms with Gasteiger partial charge in [0.15, 0.2) is 17.3 Å². The van der Waals surface area contributed by atoms with Crippen LogP contribution in [-0.2, 0) is 16.6 Å². The summed E-state index contributed by atoms with van der Waals surface area (Å²) < 4.78 is 5.20. The summed E-state index contributed by atoms with van der Waals surface area (Å²) in [7, 11) is 0. The Morgan fingerprint density at radius 2 is 2.06 bits per heavy atom. The second-order valence-electron chi connectivity index (χ2n) is 11.1. The Morgan fingerprint density at radius 3 is 2.74 bits per heavy atom. The fourth-order valence-electron chi connectivity index (χ4n) is 7.21. The number of carbonyl (C=O) groups excluding carboxylic acids is 1. The van der Waals surface area contributed by atoms with Crippen molar-refractivity contribution in [3.63, 3.8) is 0 Å². The summed E-state index contributed by atoms with van der Waals surface area (Å²) in [5.74, 6) is 0.391. The van der Waals surface area contributed by atoms with Crippen molar-refractivity contribution in [1.82, 2.24) is 10.1 Å². The molecule has 2 bridgehead atoms. The molecule has 0 unspecified atom stereocenters. The third-order valence-electron chi connectivity index (χ3n) is 9.10. The maximum Gasteiger partial charge on any atom is 0.251 e. The van der Waals surface area contributed by atoms with E-state index in [1.54, 1.807) is 19.9 Å². The third-order valence-corrected chi connectivity index (χ3v) is 9.10. The van der Waals surface area contributed by atoms with Crippen LogP contribution in [0.1, 0.15) is 55.2 Å². The number of rotatable bonds is 4. The first-order chi connectivity index (χ1) is 16.7. The molecule has 1 aromatic heterocycles. The van der Waals surface area contributed by atoms with Crippen LogP contribution in [0.2, 0.25) is 0 Å². The van der Waals surface area contributed by atoms with Gasteiger partial charge in [-0.05, 0) is 69.5 Å². The molecule has 1 saturated heterocycles. The van der Waals surface area contributed by atoms with Crippen molar-refractivity contribution >= 4 is 11.6 Å². The van der Waals surface area contributed by atoms with Crippen LogP contribution in [0.4, 0.5) is 5.69 Å². The highest BCUT2D eigenvalue weighted by atomic mass is 16.5. The number of aromatic nitrogens is 1. The van der Waals surface area contributed by atoms with E-state index in [1.165, 1.54) is 12.8 Å². The molecule has 2 heterocycles. The van der Waals surface area contributed by atoms with Crippen molar-refractivity contribution in [1.29, 1.82) is 0 Å². The maximum atomic E-state index is 13.4. The minimum atomic E-state index is -1.27. The zero-order valence-corrected chi connectivity index (χ0v) is 20.5. The van der Waals surface area contributed by atoms with Gasteiger partial charge in [-0.25, -0.2) is 0 Å². The van der Waals surface area contributed by atoms with E-state index >= 15 is 0 Å². The fourth-order valence-corrected chi connectivity index (χ4v) is 7.21. The van der Waals surface area contributed by atoms with E-state index in [9.17, 15) is 20.1 Å². The molecule has 0 spiro atoms. The summed E-state index contributed by atoms with van der Waals surface area (Å²) in [5.41, 5.74) is 1.25. The summed E-state index contributed by atoms with van der Waals surface area (Å²) >= 11 is 0. The van der Waals surface area contributed by atoms with E-state index in [1.807, 2.05) is 19.1 Å². The molecule has 4 aliphatic rings. The lowest BCUT2D eigenvalue weighted by atomic mass is 9.46. The lowest BCUT2D eigenvalue weighted by Crippen LogP contribution is -2.74. The Labute approximate surface area is 204 Å². The normalized spacial score (nSPS) is 31.9. The van der Waals surface area contributed by atoms with Crippen molar-refractivity contribution in [3.05, 3.63) is 46.4 Å². The molecule has 4 atom stereocenters. The number of aryl methyl sites for hydroxylation is 2. The predicted molar refractivity (Wildman–Crippen MR) is 129 cm³/mol. The molecule has 3 aliphatic carbocycles. The Hall–Kier alpha value is -2.84. The zero-order valence-electron chi connectivity index (χ0n) is 20.5. The quantitative estimate of drug-likeness (QED) is 0.497. The van der Waals surface area contributed by atoms with E-state index < -0.39 is 11.0 Å². The number of hydrogen-bond acceptors (Lipinski definition) is 7. The van der Waals surface area contributed by atoms with Gasteiger partial charge >= 0.3 is 0 Å². The van der Waals surface area contributed by atoms with Gasteiger partial charge in [0.05, 0.1) is 5.60 Å². The molecule has 1 saturated carbocycles. The number of allylic oxidation sites excluding steroid dienone is 1. The van der Waals surface area contributed by atoms with Crippen molar-refractivity contribution < 1.29 is 24.6 Å². The average molecular weight is 480 g/mol. The minimum absolute atomic E-state index is 0.140. The number of nitrogens with one attached hydrogen (secondary N) is 1. The number of anilines is 1. The summed E-state index contributed by atoms with van der Waals surface area (Å²) in [4.78, 5) is 15.8. The number of phenolic OH excluding ortho intramolecular Hbond substituents is 2. The first-order valence-electron chi connectivity index (χ1n) is 12.6. The van der Waals surface area contributed by atoms with Crippen LogP contribution >= 0.6 is 0 Å². The van der Waals surface area contributed by atoms with Crippen molar-refractivity contribution in [2.75, 3.05) is 18.4 Å². The van der Waals surface area contributed by atoms with Gasteiger partial charge in [-0.15, -0.1) is 0 Å². The summed E-state index contributed by atoms with van der Waals surface area (Å²) in [6, 6.07) is 3.25. The second kappa shape index (κ2) is 7.58. The number of hydrogen-bond donors (Lipinski definition) is 4. The number of likely N-dealkylation sites (tertiary alicyclic amines) is 1. The van der Waals surface area contributed by atoms with Crippen LogP contribution < -0.4 is 5.32 Å². The number of piperidine rings is 1. The number of phenols is 2. The molecule has 8 heteroatoms. The summed E-state index contributed by atoms with van der Waals surface area (Å²) in [6.45, 7) is 7.31. The van der Waals surface area contributed by atoms with Crippen molar-refractivity contribution in [3.8, 4) is 11.5 Å². The highest BCUT2D eigenvalue weighted by Gasteiger charge is 2.67. The topological polar surface area (TPSA) is 119 Å². The van der Waals surface area contributed by atoms with Gasteiger partial charge in [-0.3, -0.25) is 9.69 Å². The van der Waals surface area contributed by atoms with Crippen LogP contribution in [0.15, 0.2) is 28.3 Å². The highest BCUT2D eigenvalue weighted by molar-refractivity contribution is 6.04. The van der Waals surface area contributed by atoms with Gasteiger partial charge in [-0.2, -0.15) is 0 Å². The summed E-state index contributed by atoms with van der Waals surface area (Å²) in [6.07, 6.45) is 5.77. The smallest absolute Gasteiger partial charge is 0.251 e. The first kappa shape index (κ1) is 22.6. The van der Waals surface area contributed by atoms with Gasteiger partial charge in [0.25, 0.3) is 5.91 Å². The van der Waals surface area contributed by atoms with Gasteiger partial charge in [0, 0.05) is 35.6 Å². The summed E-state index contributed by atoms with van der Waals surface area (Å²) in [5, 5.41) is 41.0. The average Bonchev–Trinajstić information content (AvgIpc) is 3.58. The number of amides is 1. The van der Waals surface area contributed by atoms with Gasteiger partial charge in [0.2, 0.25) is 0 Å². The largest absolute Gasteiger partial charge is 0.504 e. The lowest BCUT2D eigenvalue weighted by Gasteiger charge is -2.65. The molecule has 1 aliphatic heterocycles. The highest BCUT2D eigenvalue weighted by Crippen LogP contribution is 2.62. The van der Waals surface area contributed by atoms with E-state index in [4.69, 9.17) is 4.52 Å². The van der Waals surface area contributed by atoms with E-state index in [0.717, 1.165) is 18.7 Å². The zero-order chi connectivity index (χ0) is 24.7. The lowest BCUT2D eigenvalue weighted by molar-refractivity contribution is -0.164. The number of fused-ring (bicyclic) bond motifs is 1. The Morgan fingerprint density at radius 1 is 1.29 bits per heavy atom. The number of nitrogens with zero attached hydrogens (tertiary/aromatic N) is 2. The van der Waals surface area contributed by atoms with E-state index in [-0.39, 0.29) is 35.8 Å². The second-order valence-corrected chi connectivity index (χ2v) is 11.1. The Balaban J connectivity index is 1.46. The van der Waals surface area contributed by atoms with E-state index in [2.05, 4.69) is 15.4 Å².